The lowest BCUT2D eigenvalue weighted by Crippen LogP contribution is -2.19. The van der Waals surface area contributed by atoms with Gasteiger partial charge in [-0.05, 0) is 25.3 Å². The fraction of sp³-hybridized carbons (Fsp3) is 0.304. The van der Waals surface area contributed by atoms with E-state index in [1.807, 2.05) is 24.3 Å². The van der Waals surface area contributed by atoms with Gasteiger partial charge in [0.15, 0.2) is 0 Å². The van der Waals surface area contributed by atoms with Crippen molar-refractivity contribution in [2.75, 3.05) is 23.8 Å². The van der Waals surface area contributed by atoms with E-state index < -0.39 is 0 Å². The van der Waals surface area contributed by atoms with Crippen LogP contribution in [0.3, 0.4) is 0 Å². The number of aryl methyl sites for hydroxylation is 1. The summed E-state index contributed by atoms with van der Waals surface area (Å²) in [5.74, 6) is 1.44. The zero-order valence-corrected chi connectivity index (χ0v) is 16.2. The number of rotatable bonds is 7. The Hall–Kier alpha value is -2.92. The van der Waals surface area contributed by atoms with Gasteiger partial charge in [0.2, 0.25) is 5.95 Å². The van der Waals surface area contributed by atoms with Gasteiger partial charge in [0.1, 0.15) is 5.82 Å². The first kappa shape index (κ1) is 18.4. The maximum atomic E-state index is 5.71. The van der Waals surface area contributed by atoms with E-state index in [9.17, 15) is 0 Å². The minimum Gasteiger partial charge on any atom is -0.376 e. The molecule has 1 unspecified atom stereocenters. The molecule has 2 aromatic carbocycles. The molecule has 1 aliphatic heterocycles. The van der Waals surface area contributed by atoms with E-state index in [0.717, 1.165) is 43.1 Å². The number of nitrogens with one attached hydrogen (secondary N) is 2. The van der Waals surface area contributed by atoms with Crippen molar-refractivity contribution in [1.82, 2.24) is 9.97 Å². The Morgan fingerprint density at radius 3 is 2.68 bits per heavy atom. The van der Waals surface area contributed by atoms with Crippen molar-refractivity contribution < 1.29 is 4.74 Å². The van der Waals surface area contributed by atoms with Crippen molar-refractivity contribution >= 4 is 11.8 Å². The van der Waals surface area contributed by atoms with Crippen LogP contribution in [0, 0.1) is 6.92 Å². The lowest BCUT2D eigenvalue weighted by atomic mass is 10.1. The Kier molecular flexibility index (Phi) is 5.83. The van der Waals surface area contributed by atoms with Crippen LogP contribution in [0.25, 0.3) is 11.3 Å². The first-order valence-electron chi connectivity index (χ1n) is 9.86. The molecule has 5 nitrogen and oxygen atoms in total. The Morgan fingerprint density at radius 1 is 1.00 bits per heavy atom. The van der Waals surface area contributed by atoms with E-state index >= 15 is 0 Å². The molecule has 0 radical (unpaired) electrons. The smallest absolute Gasteiger partial charge is 0.225 e. The van der Waals surface area contributed by atoms with Gasteiger partial charge in [-0.1, -0.05) is 60.2 Å². The summed E-state index contributed by atoms with van der Waals surface area (Å²) in [6.45, 7) is 4.41. The summed E-state index contributed by atoms with van der Waals surface area (Å²) in [4.78, 5) is 9.40. The fourth-order valence-corrected chi connectivity index (χ4v) is 3.40. The molecule has 4 rings (SSSR count). The van der Waals surface area contributed by atoms with Gasteiger partial charge in [0, 0.05) is 31.3 Å². The quantitative estimate of drug-likeness (QED) is 0.630. The molecule has 28 heavy (non-hydrogen) atoms. The maximum Gasteiger partial charge on any atom is 0.225 e. The van der Waals surface area contributed by atoms with Gasteiger partial charge >= 0.3 is 0 Å². The van der Waals surface area contributed by atoms with Gasteiger partial charge in [-0.15, -0.1) is 0 Å². The second-order valence-corrected chi connectivity index (χ2v) is 7.19. The van der Waals surface area contributed by atoms with Crippen molar-refractivity contribution in [3.63, 3.8) is 0 Å². The molecule has 1 saturated heterocycles. The molecular formula is C23H26N4O. The molecule has 5 heteroatoms. The third kappa shape index (κ3) is 4.87. The van der Waals surface area contributed by atoms with Crippen molar-refractivity contribution in [1.29, 1.82) is 0 Å². The molecule has 2 N–H and O–H groups in total. The fourth-order valence-electron chi connectivity index (χ4n) is 3.40. The average Bonchev–Trinajstić information content (AvgIpc) is 3.25. The molecule has 1 fully saturated rings. The van der Waals surface area contributed by atoms with Crippen LogP contribution in [0.15, 0.2) is 60.7 Å². The summed E-state index contributed by atoms with van der Waals surface area (Å²) in [7, 11) is 0. The molecule has 3 aromatic rings. The highest BCUT2D eigenvalue weighted by molar-refractivity contribution is 5.64. The second kappa shape index (κ2) is 8.85. The predicted octanol–water partition coefficient (Wildman–Crippen LogP) is 4.66. The number of nitrogens with zero attached hydrogens (tertiary/aromatic N) is 2. The summed E-state index contributed by atoms with van der Waals surface area (Å²) < 4.78 is 5.71. The van der Waals surface area contributed by atoms with Crippen LogP contribution in [-0.2, 0) is 11.3 Å². The van der Waals surface area contributed by atoms with Crippen LogP contribution in [0.2, 0.25) is 0 Å². The third-order valence-electron chi connectivity index (χ3n) is 4.86. The topological polar surface area (TPSA) is 59.1 Å². The number of hydrogen-bond acceptors (Lipinski definition) is 5. The molecule has 0 spiro atoms. The number of ether oxygens (including phenoxy) is 1. The van der Waals surface area contributed by atoms with Gasteiger partial charge in [0.05, 0.1) is 11.8 Å². The molecule has 2 heterocycles. The third-order valence-corrected chi connectivity index (χ3v) is 4.86. The number of hydrogen-bond donors (Lipinski definition) is 2. The van der Waals surface area contributed by atoms with Crippen LogP contribution in [0.5, 0.6) is 0 Å². The van der Waals surface area contributed by atoms with E-state index in [2.05, 4.69) is 58.9 Å². The molecular weight excluding hydrogens is 348 g/mol. The summed E-state index contributed by atoms with van der Waals surface area (Å²) in [6, 6.07) is 20.6. The summed E-state index contributed by atoms with van der Waals surface area (Å²) in [5, 5.41) is 6.80. The van der Waals surface area contributed by atoms with Crippen molar-refractivity contribution in [2.24, 2.45) is 0 Å². The van der Waals surface area contributed by atoms with E-state index in [1.165, 1.54) is 11.1 Å². The Bertz CT molecular complexity index is 907. The van der Waals surface area contributed by atoms with Gasteiger partial charge < -0.3 is 15.4 Å². The van der Waals surface area contributed by atoms with Crippen molar-refractivity contribution in [2.45, 2.75) is 32.4 Å². The Morgan fingerprint density at radius 2 is 1.89 bits per heavy atom. The molecule has 1 aliphatic rings. The highest BCUT2D eigenvalue weighted by atomic mass is 16.5. The molecule has 0 aliphatic carbocycles. The molecule has 144 valence electrons. The first-order valence-corrected chi connectivity index (χ1v) is 9.86. The average molecular weight is 374 g/mol. The Labute approximate surface area is 166 Å². The van der Waals surface area contributed by atoms with Crippen LogP contribution >= 0.6 is 0 Å². The van der Waals surface area contributed by atoms with E-state index in [1.54, 1.807) is 0 Å². The number of benzene rings is 2. The molecule has 0 amide bonds. The van der Waals surface area contributed by atoms with Gasteiger partial charge in [-0.2, -0.15) is 4.98 Å². The van der Waals surface area contributed by atoms with Crippen LogP contribution in [0.1, 0.15) is 24.0 Å². The van der Waals surface area contributed by atoms with Crippen LogP contribution in [0.4, 0.5) is 11.8 Å². The standard InChI is InChI=1S/C23H26N4O/c1-17-7-5-8-18(13-17)15-25-23-26-21(19-9-3-2-4-10-19)14-22(27-23)24-16-20-11-6-12-28-20/h2-5,7-10,13-14,20H,6,11-12,15-16H2,1H3,(H2,24,25,26,27). The minimum atomic E-state index is 0.263. The van der Waals surface area contributed by atoms with Crippen LogP contribution in [-0.4, -0.2) is 29.2 Å². The zero-order valence-electron chi connectivity index (χ0n) is 16.2. The normalized spacial score (nSPS) is 16.1. The van der Waals surface area contributed by atoms with Gasteiger partial charge in [-0.3, -0.25) is 0 Å². The highest BCUT2D eigenvalue weighted by Gasteiger charge is 2.15. The first-order chi connectivity index (χ1) is 13.8. The highest BCUT2D eigenvalue weighted by Crippen LogP contribution is 2.22. The van der Waals surface area contributed by atoms with Gasteiger partial charge in [0.25, 0.3) is 0 Å². The van der Waals surface area contributed by atoms with E-state index in [0.29, 0.717) is 12.5 Å². The maximum absolute atomic E-state index is 5.71. The lowest BCUT2D eigenvalue weighted by molar-refractivity contribution is 0.120. The van der Waals surface area contributed by atoms with Gasteiger partial charge in [-0.25, -0.2) is 4.98 Å². The summed E-state index contributed by atoms with van der Waals surface area (Å²) in [6.07, 6.45) is 2.50. The zero-order chi connectivity index (χ0) is 19.2. The SMILES string of the molecule is Cc1cccc(CNc2nc(NCC3CCCO3)cc(-c3ccccc3)n2)c1. The van der Waals surface area contributed by atoms with E-state index in [-0.39, 0.29) is 6.10 Å². The van der Waals surface area contributed by atoms with E-state index in [4.69, 9.17) is 9.72 Å². The second-order valence-electron chi connectivity index (χ2n) is 7.19. The lowest BCUT2D eigenvalue weighted by Gasteiger charge is -2.14. The predicted molar refractivity (Wildman–Crippen MR) is 113 cm³/mol. The Balaban J connectivity index is 1.54. The molecule has 1 atom stereocenters. The summed E-state index contributed by atoms with van der Waals surface area (Å²) >= 11 is 0. The van der Waals surface area contributed by atoms with Crippen molar-refractivity contribution in [3.05, 3.63) is 71.8 Å². The van der Waals surface area contributed by atoms with Crippen molar-refractivity contribution in [3.8, 4) is 11.3 Å². The summed E-state index contributed by atoms with van der Waals surface area (Å²) in [5.41, 5.74) is 4.43. The monoisotopic (exact) mass is 374 g/mol. The van der Waals surface area contributed by atoms with Crippen LogP contribution < -0.4 is 10.6 Å². The molecule has 0 bridgehead atoms. The number of anilines is 2. The molecule has 0 saturated carbocycles. The minimum absolute atomic E-state index is 0.263. The largest absolute Gasteiger partial charge is 0.376 e. The number of aromatic nitrogens is 2. The molecule has 1 aromatic heterocycles.